The zero-order valence-corrected chi connectivity index (χ0v) is 21.3. The van der Waals surface area contributed by atoms with Crippen molar-refractivity contribution in [2.24, 2.45) is 0 Å². The summed E-state index contributed by atoms with van der Waals surface area (Å²) in [5, 5.41) is 9.61. The second kappa shape index (κ2) is 12.0. The van der Waals surface area contributed by atoms with E-state index in [1.54, 1.807) is 37.4 Å². The highest BCUT2D eigenvalue weighted by atomic mass is 32.1. The molecular formula is C27H27N3O5S. The Morgan fingerprint density at radius 1 is 1.22 bits per heavy atom. The van der Waals surface area contributed by atoms with Crippen LogP contribution in [0.3, 0.4) is 0 Å². The molecule has 1 amide bonds. The van der Waals surface area contributed by atoms with Crippen LogP contribution in [-0.2, 0) is 27.4 Å². The van der Waals surface area contributed by atoms with Crippen LogP contribution in [0.15, 0.2) is 54.8 Å². The monoisotopic (exact) mass is 505 g/mol. The summed E-state index contributed by atoms with van der Waals surface area (Å²) in [4.78, 5) is 27.6. The van der Waals surface area contributed by atoms with E-state index in [0.29, 0.717) is 35.7 Å². The highest BCUT2D eigenvalue weighted by molar-refractivity contribution is 7.80. The maximum Gasteiger partial charge on any atom is 0.325 e. The Morgan fingerprint density at radius 3 is 2.64 bits per heavy atom. The lowest BCUT2D eigenvalue weighted by Crippen LogP contribution is -2.33. The first-order chi connectivity index (χ1) is 17.3. The van der Waals surface area contributed by atoms with Crippen LogP contribution in [0.4, 0.5) is 0 Å². The number of nitriles is 1. The van der Waals surface area contributed by atoms with E-state index in [1.165, 1.54) is 16.9 Å². The van der Waals surface area contributed by atoms with Gasteiger partial charge in [0.05, 0.1) is 25.3 Å². The maximum atomic E-state index is 12.9. The van der Waals surface area contributed by atoms with Crippen LogP contribution in [-0.4, -0.2) is 54.1 Å². The molecule has 2 aromatic carbocycles. The average molecular weight is 506 g/mol. The van der Waals surface area contributed by atoms with Gasteiger partial charge in [-0.1, -0.05) is 24.3 Å². The molecule has 1 heterocycles. The molecule has 186 valence electrons. The van der Waals surface area contributed by atoms with Gasteiger partial charge in [-0.05, 0) is 55.4 Å². The fourth-order valence-electron chi connectivity index (χ4n) is 3.71. The van der Waals surface area contributed by atoms with Crippen LogP contribution in [0.25, 0.3) is 6.08 Å². The van der Waals surface area contributed by atoms with Crippen molar-refractivity contribution in [2.75, 3.05) is 27.3 Å². The first-order valence-electron chi connectivity index (χ1n) is 11.2. The fourth-order valence-corrected chi connectivity index (χ4v) is 3.95. The van der Waals surface area contributed by atoms with Gasteiger partial charge in [-0.3, -0.25) is 14.5 Å². The molecule has 0 radical (unpaired) electrons. The van der Waals surface area contributed by atoms with Gasteiger partial charge >= 0.3 is 5.97 Å². The van der Waals surface area contributed by atoms with Crippen LogP contribution in [0.1, 0.15) is 29.2 Å². The lowest BCUT2D eigenvalue weighted by Gasteiger charge is -2.19. The summed E-state index contributed by atoms with van der Waals surface area (Å²) in [6.07, 6.45) is 3.88. The number of amides is 1. The van der Waals surface area contributed by atoms with E-state index >= 15 is 0 Å². The Morgan fingerprint density at radius 2 is 1.97 bits per heavy atom. The van der Waals surface area contributed by atoms with Crippen LogP contribution in [0, 0.1) is 11.3 Å². The molecule has 1 aliphatic rings. The fraction of sp³-hybridized carbons (Fsp3) is 0.259. The van der Waals surface area contributed by atoms with E-state index < -0.39 is 5.97 Å². The molecule has 0 saturated carbocycles. The standard InChI is InChI=1S/C27H27N3O5S/c1-5-9-19-12-18(13-22-26(32)29(3)27(36)30(22)16-24(31)33-4)14-23(34-6-2)25(19)35-17-21-11-8-7-10-20(21)15-28/h5,7-8,10-14H,1,6,9,16-17H2,2-4H3/b22-13+. The molecule has 36 heavy (non-hydrogen) atoms. The third-order valence-corrected chi connectivity index (χ3v) is 5.97. The minimum absolute atomic E-state index is 0.179. The number of hydrogen-bond donors (Lipinski definition) is 0. The molecule has 8 nitrogen and oxygen atoms in total. The third kappa shape index (κ3) is 5.73. The molecule has 1 fully saturated rings. The second-order valence-electron chi connectivity index (χ2n) is 7.83. The Bertz CT molecular complexity index is 1260. The highest BCUT2D eigenvalue weighted by Crippen LogP contribution is 2.36. The Balaban J connectivity index is 2.04. The van der Waals surface area contributed by atoms with E-state index in [1.807, 2.05) is 25.1 Å². The van der Waals surface area contributed by atoms with E-state index in [0.717, 1.165) is 11.1 Å². The minimum atomic E-state index is -0.518. The normalized spacial score (nSPS) is 14.1. The van der Waals surface area contributed by atoms with Crippen LogP contribution in [0.5, 0.6) is 11.5 Å². The molecule has 1 saturated heterocycles. The van der Waals surface area contributed by atoms with Gasteiger partial charge in [-0.25, -0.2) is 0 Å². The molecule has 3 rings (SSSR count). The summed E-state index contributed by atoms with van der Waals surface area (Å²) < 4.78 is 16.8. The van der Waals surface area contributed by atoms with E-state index in [4.69, 9.17) is 26.4 Å². The Labute approximate surface area is 216 Å². The van der Waals surface area contributed by atoms with E-state index in [2.05, 4.69) is 12.6 Å². The third-order valence-electron chi connectivity index (χ3n) is 5.48. The number of likely N-dealkylation sites (N-methyl/N-ethyl adjacent to an activating group) is 1. The molecule has 0 unspecified atom stereocenters. The van der Waals surface area contributed by atoms with Gasteiger partial charge in [0.15, 0.2) is 16.6 Å². The van der Waals surface area contributed by atoms with Gasteiger partial charge < -0.3 is 19.1 Å². The summed E-state index contributed by atoms with van der Waals surface area (Å²) in [6, 6.07) is 13.0. The topological polar surface area (TPSA) is 92.1 Å². The summed E-state index contributed by atoms with van der Waals surface area (Å²) >= 11 is 5.36. The number of methoxy groups -OCH3 is 1. The molecule has 1 aliphatic heterocycles. The Kier molecular flexibility index (Phi) is 8.81. The van der Waals surface area contributed by atoms with Crippen molar-refractivity contribution in [3.8, 4) is 17.6 Å². The van der Waals surface area contributed by atoms with Gasteiger partial charge in [-0.2, -0.15) is 5.26 Å². The lowest BCUT2D eigenvalue weighted by atomic mass is 10.0. The van der Waals surface area contributed by atoms with Crippen molar-refractivity contribution in [3.63, 3.8) is 0 Å². The smallest absolute Gasteiger partial charge is 0.325 e. The summed E-state index contributed by atoms with van der Waals surface area (Å²) in [6.45, 7) is 6.09. The molecule has 0 N–H and O–H groups in total. The first kappa shape index (κ1) is 26.4. The molecule has 0 spiro atoms. The van der Waals surface area contributed by atoms with Crippen molar-refractivity contribution in [3.05, 3.63) is 77.0 Å². The number of rotatable bonds is 10. The summed E-state index contributed by atoms with van der Waals surface area (Å²) in [5.74, 6) is 0.165. The second-order valence-corrected chi connectivity index (χ2v) is 8.19. The number of thiocarbonyl (C=S) groups is 1. The number of esters is 1. The number of benzene rings is 2. The van der Waals surface area contributed by atoms with Gasteiger partial charge in [-0.15, -0.1) is 6.58 Å². The maximum absolute atomic E-state index is 12.9. The molecule has 0 bridgehead atoms. The van der Waals surface area contributed by atoms with Crippen LogP contribution >= 0.6 is 12.2 Å². The van der Waals surface area contributed by atoms with Crippen LogP contribution < -0.4 is 9.47 Å². The summed E-state index contributed by atoms with van der Waals surface area (Å²) in [7, 11) is 2.83. The van der Waals surface area contributed by atoms with Crippen molar-refractivity contribution in [2.45, 2.75) is 20.0 Å². The highest BCUT2D eigenvalue weighted by Gasteiger charge is 2.36. The zero-order valence-electron chi connectivity index (χ0n) is 20.4. The number of nitrogens with zero attached hydrogens (tertiary/aromatic N) is 3. The molecule has 9 heteroatoms. The minimum Gasteiger partial charge on any atom is -0.490 e. The number of ether oxygens (including phenoxy) is 3. The van der Waals surface area contributed by atoms with Crippen molar-refractivity contribution in [1.29, 1.82) is 5.26 Å². The SMILES string of the molecule is C=CCc1cc(/C=C2\C(=O)N(C)C(=S)N2CC(=O)OC)cc(OCC)c1OCc1ccccc1C#N. The molecule has 0 atom stereocenters. The van der Waals surface area contributed by atoms with Gasteiger partial charge in [0.25, 0.3) is 5.91 Å². The quantitative estimate of drug-likeness (QED) is 0.208. The van der Waals surface area contributed by atoms with E-state index in [9.17, 15) is 14.9 Å². The van der Waals surface area contributed by atoms with Crippen molar-refractivity contribution in [1.82, 2.24) is 9.80 Å². The predicted molar refractivity (Wildman–Crippen MR) is 139 cm³/mol. The van der Waals surface area contributed by atoms with Crippen molar-refractivity contribution < 1.29 is 23.8 Å². The van der Waals surface area contributed by atoms with Crippen molar-refractivity contribution >= 4 is 35.3 Å². The first-order valence-corrected chi connectivity index (χ1v) is 11.6. The molecule has 0 aromatic heterocycles. The van der Waals surface area contributed by atoms with Gasteiger partial charge in [0.1, 0.15) is 18.8 Å². The van der Waals surface area contributed by atoms with E-state index in [-0.39, 0.29) is 29.9 Å². The average Bonchev–Trinajstić information content (AvgIpc) is 3.07. The number of carbonyl (C=O) groups excluding carboxylic acids is 2. The Hall–Kier alpha value is -4.16. The molecule has 0 aliphatic carbocycles. The lowest BCUT2D eigenvalue weighted by molar-refractivity contribution is -0.140. The predicted octanol–water partition coefficient (Wildman–Crippen LogP) is 3.84. The number of carbonyl (C=O) groups is 2. The summed E-state index contributed by atoms with van der Waals surface area (Å²) in [5.41, 5.74) is 2.99. The zero-order chi connectivity index (χ0) is 26.2. The molecular weight excluding hydrogens is 478 g/mol. The van der Waals surface area contributed by atoms with Crippen LogP contribution in [0.2, 0.25) is 0 Å². The van der Waals surface area contributed by atoms with Gasteiger partial charge in [0.2, 0.25) is 0 Å². The largest absolute Gasteiger partial charge is 0.490 e. The number of hydrogen-bond acceptors (Lipinski definition) is 7. The molecule has 2 aromatic rings. The number of allylic oxidation sites excluding steroid dienone is 1. The van der Waals surface area contributed by atoms with Gasteiger partial charge in [0, 0.05) is 18.2 Å².